The van der Waals surface area contributed by atoms with Gasteiger partial charge in [-0.2, -0.15) is 0 Å². The van der Waals surface area contributed by atoms with E-state index >= 15 is 0 Å². The Balaban J connectivity index is 1.20. The van der Waals surface area contributed by atoms with Crippen molar-refractivity contribution in [3.05, 3.63) is 59.7 Å². The summed E-state index contributed by atoms with van der Waals surface area (Å²) in [6.45, 7) is 0.256. The summed E-state index contributed by atoms with van der Waals surface area (Å²) in [6, 6.07) is 16.3. The molecular weight excluding hydrogens is 448 g/mol. The molecule has 2 saturated carbocycles. The number of carboxylic acid groups (broad SMARTS) is 1. The predicted molar refractivity (Wildman–Crippen MR) is 128 cm³/mol. The van der Waals surface area contributed by atoms with Crippen LogP contribution in [0.1, 0.15) is 42.7 Å². The van der Waals surface area contributed by atoms with Crippen LogP contribution in [0.3, 0.4) is 0 Å². The molecule has 2 amide bonds. The fourth-order valence-electron chi connectivity index (χ4n) is 5.94. The molecule has 1 spiro atoms. The maximum Gasteiger partial charge on any atom is 0.407 e. The molecule has 8 nitrogen and oxygen atoms in total. The molecule has 3 aliphatic rings. The van der Waals surface area contributed by atoms with Crippen molar-refractivity contribution in [2.24, 2.45) is 10.8 Å². The first kappa shape index (κ1) is 23.4. The number of fused-ring (bicyclic) bond motifs is 3. The van der Waals surface area contributed by atoms with E-state index < -0.39 is 23.6 Å². The van der Waals surface area contributed by atoms with E-state index in [0.29, 0.717) is 6.42 Å². The van der Waals surface area contributed by atoms with E-state index in [4.69, 9.17) is 14.6 Å². The van der Waals surface area contributed by atoms with Crippen molar-refractivity contribution < 1.29 is 29.0 Å². The number of nitrogens with one attached hydrogen (secondary N) is 2. The Morgan fingerprint density at radius 3 is 2.17 bits per heavy atom. The fraction of sp³-hybridized carbons (Fsp3) is 0.444. The average Bonchev–Trinajstić information content (AvgIpc) is 3.46. The van der Waals surface area contributed by atoms with E-state index in [-0.39, 0.29) is 36.9 Å². The summed E-state index contributed by atoms with van der Waals surface area (Å²) in [7, 11) is 1.30. The van der Waals surface area contributed by atoms with E-state index in [0.717, 1.165) is 41.5 Å². The summed E-state index contributed by atoms with van der Waals surface area (Å²) in [5.41, 5.74) is 3.76. The zero-order chi connectivity index (χ0) is 24.6. The smallest absolute Gasteiger partial charge is 0.407 e. The number of carbonyl (C=O) groups excluding carboxylic acids is 2. The molecule has 2 fully saturated rings. The van der Waals surface area contributed by atoms with Crippen LogP contribution in [0, 0.1) is 10.8 Å². The van der Waals surface area contributed by atoms with Crippen molar-refractivity contribution in [2.45, 2.75) is 37.7 Å². The molecule has 0 heterocycles. The Labute approximate surface area is 204 Å². The lowest BCUT2D eigenvalue weighted by atomic mass is 9.74. The van der Waals surface area contributed by atoms with Gasteiger partial charge >= 0.3 is 12.1 Å². The van der Waals surface area contributed by atoms with Gasteiger partial charge < -0.3 is 25.2 Å². The summed E-state index contributed by atoms with van der Waals surface area (Å²) in [5, 5.41) is 14.7. The number of aliphatic carboxylic acids is 1. The van der Waals surface area contributed by atoms with Crippen molar-refractivity contribution in [3.8, 4) is 11.1 Å². The number of amides is 2. The van der Waals surface area contributed by atoms with Gasteiger partial charge in [-0.3, -0.25) is 4.79 Å². The molecule has 2 aromatic carbocycles. The lowest BCUT2D eigenvalue weighted by Gasteiger charge is -2.32. The van der Waals surface area contributed by atoms with Crippen LogP contribution in [0.15, 0.2) is 48.5 Å². The number of carbonyl (C=O) groups is 3. The van der Waals surface area contributed by atoms with Crippen LogP contribution in [0.4, 0.5) is 4.79 Å². The molecule has 184 valence electrons. The van der Waals surface area contributed by atoms with Gasteiger partial charge in [0.15, 0.2) is 6.10 Å². The number of hydrogen-bond donors (Lipinski definition) is 3. The van der Waals surface area contributed by atoms with Crippen molar-refractivity contribution in [1.29, 1.82) is 0 Å². The summed E-state index contributed by atoms with van der Waals surface area (Å²) in [4.78, 5) is 37.0. The largest absolute Gasteiger partial charge is 0.479 e. The van der Waals surface area contributed by atoms with E-state index in [1.165, 1.54) is 7.11 Å². The molecule has 0 aliphatic heterocycles. The third kappa shape index (κ3) is 3.95. The van der Waals surface area contributed by atoms with Gasteiger partial charge in [-0.15, -0.1) is 0 Å². The molecule has 0 saturated heterocycles. The molecule has 2 atom stereocenters. The zero-order valence-corrected chi connectivity index (χ0v) is 19.7. The highest BCUT2D eigenvalue weighted by atomic mass is 16.5. The van der Waals surface area contributed by atoms with Gasteiger partial charge in [-0.25, -0.2) is 9.59 Å². The molecule has 0 radical (unpaired) electrons. The van der Waals surface area contributed by atoms with Crippen LogP contribution in [-0.4, -0.2) is 56.0 Å². The minimum Gasteiger partial charge on any atom is -0.479 e. The second-order valence-electron chi connectivity index (χ2n) is 9.84. The first-order chi connectivity index (χ1) is 16.9. The Bertz CT molecular complexity index is 1110. The molecule has 5 rings (SSSR count). The summed E-state index contributed by atoms with van der Waals surface area (Å²) in [6.07, 6.45) is 1.93. The quantitative estimate of drug-likeness (QED) is 0.510. The van der Waals surface area contributed by atoms with Crippen LogP contribution in [-0.2, 0) is 19.1 Å². The van der Waals surface area contributed by atoms with Crippen LogP contribution in [0.5, 0.6) is 0 Å². The third-order valence-electron chi connectivity index (χ3n) is 8.16. The standard InChI is InChI=1S/C27H30N2O6/c1-34-22(23(30)31)13-28-24(32)27(15-26(27)11-6-12-26)16-29-25(33)35-14-21-19-9-4-2-7-17(19)18-8-3-5-10-20(18)21/h2-5,7-10,21-22H,6,11-16H2,1H3,(H,28,32)(H,29,33)(H,30,31). The molecular formula is C27H30N2O6. The van der Waals surface area contributed by atoms with Crippen LogP contribution < -0.4 is 10.6 Å². The maximum atomic E-state index is 13.1. The van der Waals surface area contributed by atoms with Crippen molar-refractivity contribution in [1.82, 2.24) is 10.6 Å². The Morgan fingerprint density at radius 1 is 1.03 bits per heavy atom. The molecule has 8 heteroatoms. The molecule has 2 unspecified atom stereocenters. The van der Waals surface area contributed by atoms with Crippen molar-refractivity contribution >= 4 is 18.0 Å². The normalized spacial score (nSPS) is 21.9. The highest BCUT2D eigenvalue weighted by Gasteiger charge is 2.73. The van der Waals surface area contributed by atoms with Crippen molar-refractivity contribution in [3.63, 3.8) is 0 Å². The van der Waals surface area contributed by atoms with E-state index in [9.17, 15) is 14.4 Å². The maximum absolute atomic E-state index is 13.1. The van der Waals surface area contributed by atoms with Gasteiger partial charge in [0.25, 0.3) is 0 Å². The van der Waals surface area contributed by atoms with E-state index in [1.54, 1.807) is 0 Å². The average molecular weight is 479 g/mol. The third-order valence-corrected chi connectivity index (χ3v) is 8.16. The number of hydrogen-bond acceptors (Lipinski definition) is 5. The van der Waals surface area contributed by atoms with Gasteiger partial charge in [0.1, 0.15) is 6.61 Å². The molecule has 0 bridgehead atoms. The number of alkyl carbamates (subject to hydrolysis) is 1. The number of rotatable bonds is 9. The highest BCUT2D eigenvalue weighted by Crippen LogP contribution is 2.73. The minimum absolute atomic E-state index is 0.0358. The van der Waals surface area contributed by atoms with Crippen LogP contribution in [0.2, 0.25) is 0 Å². The van der Waals surface area contributed by atoms with E-state index in [1.807, 2.05) is 24.3 Å². The lowest BCUT2D eigenvalue weighted by molar-refractivity contribution is -0.148. The number of methoxy groups -OCH3 is 1. The van der Waals surface area contributed by atoms with E-state index in [2.05, 4.69) is 34.9 Å². The fourth-order valence-corrected chi connectivity index (χ4v) is 5.94. The number of benzene rings is 2. The molecule has 35 heavy (non-hydrogen) atoms. The summed E-state index contributed by atoms with van der Waals surface area (Å²) < 4.78 is 10.5. The number of ether oxygens (including phenoxy) is 2. The molecule has 3 N–H and O–H groups in total. The van der Waals surface area contributed by atoms with Crippen LogP contribution in [0.25, 0.3) is 11.1 Å². The summed E-state index contributed by atoms with van der Waals surface area (Å²) >= 11 is 0. The Kier molecular flexibility index (Phi) is 6.01. The topological polar surface area (TPSA) is 114 Å². The summed E-state index contributed by atoms with van der Waals surface area (Å²) in [5.74, 6) is -1.40. The number of carboxylic acids is 1. The van der Waals surface area contributed by atoms with Gasteiger partial charge in [-0.1, -0.05) is 55.0 Å². The van der Waals surface area contributed by atoms with Gasteiger partial charge in [0.05, 0.1) is 12.0 Å². The van der Waals surface area contributed by atoms with Gasteiger partial charge in [0.2, 0.25) is 5.91 Å². The second-order valence-corrected chi connectivity index (χ2v) is 9.84. The first-order valence-electron chi connectivity index (χ1n) is 12.0. The first-order valence-corrected chi connectivity index (χ1v) is 12.0. The predicted octanol–water partition coefficient (Wildman–Crippen LogP) is 3.30. The minimum atomic E-state index is -1.13. The lowest BCUT2D eigenvalue weighted by Crippen LogP contribution is -2.48. The zero-order valence-electron chi connectivity index (χ0n) is 19.7. The Hall–Kier alpha value is -3.39. The Morgan fingerprint density at radius 2 is 1.66 bits per heavy atom. The van der Waals surface area contributed by atoms with Gasteiger partial charge in [0, 0.05) is 19.6 Å². The molecule has 3 aliphatic carbocycles. The second kappa shape index (κ2) is 9.00. The molecule has 2 aromatic rings. The van der Waals surface area contributed by atoms with Gasteiger partial charge in [-0.05, 0) is 46.9 Å². The SMILES string of the molecule is COC(CNC(=O)C1(CNC(=O)OCC2c3ccccc3-c3ccccc32)CC12CCC2)C(=O)O. The monoisotopic (exact) mass is 478 g/mol. The van der Waals surface area contributed by atoms with Crippen LogP contribution >= 0.6 is 0 Å². The van der Waals surface area contributed by atoms with Crippen molar-refractivity contribution in [2.75, 3.05) is 26.8 Å². The highest BCUT2D eigenvalue weighted by molar-refractivity contribution is 5.89. The molecule has 0 aromatic heterocycles.